The van der Waals surface area contributed by atoms with Gasteiger partial charge >= 0.3 is 0 Å². The van der Waals surface area contributed by atoms with Gasteiger partial charge in [-0.3, -0.25) is 0 Å². The molecule has 1 aromatic rings. The van der Waals surface area contributed by atoms with Crippen LogP contribution < -0.4 is 0 Å². The van der Waals surface area contributed by atoms with E-state index in [2.05, 4.69) is 45.7 Å². The second-order valence-electron chi connectivity index (χ2n) is 4.70. The van der Waals surface area contributed by atoms with Crippen molar-refractivity contribution in [1.82, 2.24) is 0 Å². The third-order valence-electron chi connectivity index (χ3n) is 3.31. The van der Waals surface area contributed by atoms with Gasteiger partial charge in [0.2, 0.25) is 0 Å². The number of benzene rings is 1. The normalized spacial score (nSPS) is 12.2. The Hall–Kier alpha value is 0.400. The first-order valence-corrected chi connectivity index (χ1v) is 8.13. The molecule has 0 atom stereocenters. The molecule has 0 amide bonds. The molecule has 1 rings (SSSR count). The van der Waals surface area contributed by atoms with Gasteiger partial charge in [0.15, 0.2) is 0 Å². The summed E-state index contributed by atoms with van der Waals surface area (Å²) < 4.78 is 13.0. The molecule has 0 saturated heterocycles. The first-order chi connectivity index (χ1) is 7.95. The number of hydrogen-bond donors (Lipinski definition) is 0. The highest BCUT2D eigenvalue weighted by Crippen LogP contribution is 2.37. The Labute approximate surface area is 124 Å². The molecule has 0 aliphatic carbocycles. The number of alkyl halides is 2. The van der Waals surface area contributed by atoms with E-state index in [-0.39, 0.29) is 11.2 Å². The smallest absolute Gasteiger partial charge is 0.124 e. The molecule has 0 heterocycles. The summed E-state index contributed by atoms with van der Waals surface area (Å²) in [5.41, 5.74) is 1.10. The highest BCUT2D eigenvalue weighted by Gasteiger charge is 2.32. The van der Waals surface area contributed by atoms with E-state index in [4.69, 9.17) is 11.6 Å². The highest BCUT2D eigenvalue weighted by atomic mass is 79.9. The molecule has 0 N–H and O–H groups in total. The topological polar surface area (TPSA) is 0 Å². The van der Waals surface area contributed by atoms with Gasteiger partial charge in [0.05, 0.1) is 0 Å². The molecular formula is C13H16Br2ClF. The second-order valence-corrected chi connectivity index (χ2v) is 6.23. The van der Waals surface area contributed by atoms with Crippen molar-refractivity contribution in [2.45, 2.75) is 20.3 Å². The van der Waals surface area contributed by atoms with E-state index in [9.17, 15) is 4.39 Å². The fourth-order valence-electron chi connectivity index (χ4n) is 1.69. The van der Waals surface area contributed by atoms with Gasteiger partial charge in [-0.25, -0.2) is 4.39 Å². The first kappa shape index (κ1) is 15.5. The first-order valence-electron chi connectivity index (χ1n) is 5.51. The third-order valence-corrected chi connectivity index (χ3v) is 5.90. The maximum absolute atomic E-state index is 13.0. The minimum absolute atomic E-state index is 0.0987. The Morgan fingerprint density at radius 1 is 1.29 bits per heavy atom. The SMILES string of the molecule is CC(C)C(CBr)(CBr)Cc1ccc(F)cc1Cl. The summed E-state index contributed by atoms with van der Waals surface area (Å²) in [5.74, 6) is 0.217. The Balaban J connectivity index is 3.01. The predicted molar refractivity (Wildman–Crippen MR) is 80.0 cm³/mol. The van der Waals surface area contributed by atoms with Crippen LogP contribution in [-0.2, 0) is 6.42 Å². The lowest BCUT2D eigenvalue weighted by molar-refractivity contribution is 0.268. The fourth-order valence-corrected chi connectivity index (χ4v) is 4.54. The van der Waals surface area contributed by atoms with Gasteiger partial charge in [-0.15, -0.1) is 0 Å². The minimum atomic E-state index is -0.286. The molecule has 17 heavy (non-hydrogen) atoms. The standard InChI is InChI=1S/C13H16Br2ClF/c1-9(2)13(7-14,8-15)6-10-3-4-11(17)5-12(10)16/h3-5,9H,6-8H2,1-2H3. The zero-order valence-electron chi connectivity index (χ0n) is 9.94. The van der Waals surface area contributed by atoms with Crippen LogP contribution in [0.1, 0.15) is 19.4 Å². The Kier molecular flexibility index (Phi) is 5.94. The Morgan fingerprint density at radius 2 is 1.88 bits per heavy atom. The summed E-state index contributed by atoms with van der Waals surface area (Å²) >= 11 is 13.2. The summed E-state index contributed by atoms with van der Waals surface area (Å²) in [7, 11) is 0. The molecule has 0 bridgehead atoms. The average Bonchev–Trinajstić information content (AvgIpc) is 2.28. The van der Waals surface area contributed by atoms with Crippen LogP contribution >= 0.6 is 43.5 Å². The fraction of sp³-hybridized carbons (Fsp3) is 0.538. The molecule has 0 aliphatic rings. The van der Waals surface area contributed by atoms with Gasteiger partial charge in [0.1, 0.15) is 5.82 Å². The Morgan fingerprint density at radius 3 is 2.29 bits per heavy atom. The largest absolute Gasteiger partial charge is 0.207 e. The summed E-state index contributed by atoms with van der Waals surface area (Å²) in [6, 6.07) is 4.62. The van der Waals surface area contributed by atoms with Gasteiger partial charge in [-0.2, -0.15) is 0 Å². The van der Waals surface area contributed by atoms with Crippen molar-refractivity contribution < 1.29 is 4.39 Å². The van der Waals surface area contributed by atoms with Crippen LogP contribution in [0.4, 0.5) is 4.39 Å². The average molecular weight is 387 g/mol. The quantitative estimate of drug-likeness (QED) is 0.590. The van der Waals surface area contributed by atoms with Crippen molar-refractivity contribution in [3.05, 3.63) is 34.6 Å². The third kappa shape index (κ3) is 3.68. The molecule has 0 saturated carbocycles. The number of hydrogen-bond acceptors (Lipinski definition) is 0. The molecule has 1 aromatic carbocycles. The zero-order chi connectivity index (χ0) is 13.1. The van der Waals surface area contributed by atoms with Crippen molar-refractivity contribution in [3.63, 3.8) is 0 Å². The summed E-state index contributed by atoms with van der Waals surface area (Å²) in [6.07, 6.45) is 0.834. The second kappa shape index (κ2) is 6.53. The lowest BCUT2D eigenvalue weighted by Crippen LogP contribution is -2.33. The van der Waals surface area contributed by atoms with E-state index in [1.165, 1.54) is 12.1 Å². The predicted octanol–water partition coefficient (Wildman–Crippen LogP) is 5.45. The van der Waals surface area contributed by atoms with Crippen LogP contribution in [0.2, 0.25) is 5.02 Å². The van der Waals surface area contributed by atoms with Crippen molar-refractivity contribution in [3.8, 4) is 0 Å². The van der Waals surface area contributed by atoms with E-state index >= 15 is 0 Å². The molecule has 0 unspecified atom stereocenters. The van der Waals surface area contributed by atoms with Gasteiger partial charge < -0.3 is 0 Å². The van der Waals surface area contributed by atoms with Crippen molar-refractivity contribution >= 4 is 43.5 Å². The van der Waals surface area contributed by atoms with Crippen LogP contribution in [0, 0.1) is 17.2 Å². The summed E-state index contributed by atoms with van der Waals surface area (Å²) in [5, 5.41) is 2.28. The van der Waals surface area contributed by atoms with Crippen LogP contribution in [0.3, 0.4) is 0 Å². The van der Waals surface area contributed by atoms with E-state index in [1.807, 2.05) is 0 Å². The van der Waals surface area contributed by atoms with Gasteiger partial charge in [0.25, 0.3) is 0 Å². The maximum atomic E-state index is 13.0. The van der Waals surface area contributed by atoms with E-state index in [0.717, 1.165) is 22.6 Å². The molecule has 4 heteroatoms. The molecule has 96 valence electrons. The van der Waals surface area contributed by atoms with E-state index < -0.39 is 0 Å². The van der Waals surface area contributed by atoms with Gasteiger partial charge in [-0.1, -0.05) is 63.4 Å². The zero-order valence-corrected chi connectivity index (χ0v) is 13.9. The van der Waals surface area contributed by atoms with E-state index in [0.29, 0.717) is 10.9 Å². The molecule has 0 spiro atoms. The summed E-state index contributed by atoms with van der Waals surface area (Å²) in [6.45, 7) is 4.39. The molecule has 0 nitrogen and oxygen atoms in total. The molecule has 0 fully saturated rings. The highest BCUT2D eigenvalue weighted by molar-refractivity contribution is 9.09. The van der Waals surface area contributed by atoms with Crippen LogP contribution in [0.5, 0.6) is 0 Å². The lowest BCUT2D eigenvalue weighted by atomic mass is 9.76. The van der Waals surface area contributed by atoms with Crippen LogP contribution in [0.25, 0.3) is 0 Å². The summed E-state index contributed by atoms with van der Waals surface area (Å²) in [4.78, 5) is 0. The van der Waals surface area contributed by atoms with E-state index in [1.54, 1.807) is 6.07 Å². The molecule has 0 aliphatic heterocycles. The number of rotatable bonds is 5. The minimum Gasteiger partial charge on any atom is -0.207 e. The van der Waals surface area contributed by atoms with Crippen molar-refractivity contribution in [2.24, 2.45) is 11.3 Å². The van der Waals surface area contributed by atoms with Gasteiger partial charge in [-0.05, 0) is 35.4 Å². The molecule has 0 radical (unpaired) electrons. The van der Waals surface area contributed by atoms with Crippen molar-refractivity contribution in [1.29, 1.82) is 0 Å². The van der Waals surface area contributed by atoms with Crippen molar-refractivity contribution in [2.75, 3.05) is 10.7 Å². The van der Waals surface area contributed by atoms with Crippen LogP contribution in [-0.4, -0.2) is 10.7 Å². The number of halogens is 4. The van der Waals surface area contributed by atoms with Crippen LogP contribution in [0.15, 0.2) is 18.2 Å². The lowest BCUT2D eigenvalue weighted by Gasteiger charge is -2.34. The maximum Gasteiger partial charge on any atom is 0.124 e. The molecule has 0 aromatic heterocycles. The Bertz CT molecular complexity index is 376. The monoisotopic (exact) mass is 384 g/mol. The molecular weight excluding hydrogens is 370 g/mol. The van der Waals surface area contributed by atoms with Gasteiger partial charge in [0, 0.05) is 15.7 Å².